The zero-order chi connectivity index (χ0) is 15.8. The van der Waals surface area contributed by atoms with Crippen molar-refractivity contribution in [2.24, 2.45) is 0 Å². The summed E-state index contributed by atoms with van der Waals surface area (Å²) in [6, 6.07) is 1.79. The van der Waals surface area contributed by atoms with Gasteiger partial charge in [0.2, 0.25) is 0 Å². The molecule has 0 fully saturated rings. The second kappa shape index (κ2) is 5.30. The molecule has 0 saturated heterocycles. The molecule has 3 N–H and O–H groups in total. The number of H-pyrrole nitrogens is 1. The van der Waals surface area contributed by atoms with Crippen molar-refractivity contribution >= 4 is 25.3 Å². The van der Waals surface area contributed by atoms with Crippen molar-refractivity contribution in [1.82, 2.24) is 14.5 Å². The van der Waals surface area contributed by atoms with Gasteiger partial charge in [-0.05, 0) is 24.2 Å². The number of nitrogens with two attached hydrogens (primary N) is 1. The molecule has 116 valence electrons. The van der Waals surface area contributed by atoms with Crippen molar-refractivity contribution in [3.63, 3.8) is 0 Å². The molecule has 0 atom stereocenters. The van der Waals surface area contributed by atoms with E-state index in [2.05, 4.69) is 43.8 Å². The van der Waals surface area contributed by atoms with E-state index in [0.29, 0.717) is 24.2 Å². The normalized spacial score (nSPS) is 13.0. The molecule has 2 rings (SSSR count). The number of nitrogens with one attached hydrogen (secondary N) is 1. The van der Waals surface area contributed by atoms with Crippen LogP contribution >= 0.6 is 0 Å². The van der Waals surface area contributed by atoms with E-state index in [9.17, 15) is 4.79 Å². The van der Waals surface area contributed by atoms with E-state index in [0.717, 1.165) is 0 Å². The third-order valence-corrected chi connectivity index (χ3v) is 8.78. The van der Waals surface area contributed by atoms with E-state index in [-0.39, 0.29) is 16.5 Å². The number of hydrogen-bond donors (Lipinski definition) is 2. The van der Waals surface area contributed by atoms with E-state index < -0.39 is 8.32 Å². The molecule has 2 aromatic heterocycles. The fourth-order valence-corrected chi connectivity index (χ4v) is 2.89. The van der Waals surface area contributed by atoms with Crippen molar-refractivity contribution in [1.29, 1.82) is 0 Å². The summed E-state index contributed by atoms with van der Waals surface area (Å²) in [6.45, 7) is 12.1. The SMILES string of the molecule is CC(C)(C)[Si](C)(C)OCCn1ccc2nc(N)[nH]c2c1=O. The lowest BCUT2D eigenvalue weighted by Gasteiger charge is -2.36. The second-order valence-electron chi connectivity index (χ2n) is 6.81. The van der Waals surface area contributed by atoms with Gasteiger partial charge in [-0.25, -0.2) is 4.98 Å². The van der Waals surface area contributed by atoms with Gasteiger partial charge in [-0.2, -0.15) is 0 Å². The lowest BCUT2D eigenvalue weighted by molar-refractivity contribution is 0.270. The molecule has 0 aliphatic carbocycles. The van der Waals surface area contributed by atoms with Gasteiger partial charge in [-0.1, -0.05) is 20.8 Å². The molecular formula is C14H24N4O2Si. The van der Waals surface area contributed by atoms with Crippen LogP contribution in [0.1, 0.15) is 20.8 Å². The minimum absolute atomic E-state index is 0.115. The quantitative estimate of drug-likeness (QED) is 0.849. The lowest BCUT2D eigenvalue weighted by Crippen LogP contribution is -2.41. The average molecular weight is 308 g/mol. The van der Waals surface area contributed by atoms with Crippen LogP contribution in [0.4, 0.5) is 5.95 Å². The van der Waals surface area contributed by atoms with Gasteiger partial charge in [-0.3, -0.25) is 4.79 Å². The molecule has 0 aliphatic rings. The molecule has 21 heavy (non-hydrogen) atoms. The first-order valence-electron chi connectivity index (χ1n) is 7.10. The molecule has 2 aromatic rings. The summed E-state index contributed by atoms with van der Waals surface area (Å²) in [6.07, 6.45) is 1.74. The standard InChI is InChI=1S/C14H24N4O2Si/c1-14(2,3)21(4,5)20-9-8-18-7-6-10-11(12(18)19)17-13(15)16-10/h6-7H,8-9H2,1-5H3,(H3,15,16,17). The fraction of sp³-hybridized carbons (Fsp3) is 0.571. The van der Waals surface area contributed by atoms with Crippen molar-refractivity contribution in [3.8, 4) is 0 Å². The second-order valence-corrected chi connectivity index (χ2v) is 11.6. The summed E-state index contributed by atoms with van der Waals surface area (Å²) < 4.78 is 7.73. The topological polar surface area (TPSA) is 85.9 Å². The van der Waals surface area contributed by atoms with Crippen LogP contribution < -0.4 is 11.3 Å². The Kier molecular flexibility index (Phi) is 3.99. The van der Waals surface area contributed by atoms with E-state index in [1.54, 1.807) is 16.8 Å². The first-order valence-corrected chi connectivity index (χ1v) is 10.0. The number of anilines is 1. The van der Waals surface area contributed by atoms with Crippen molar-refractivity contribution in [2.75, 3.05) is 12.3 Å². The fourth-order valence-electron chi connectivity index (χ4n) is 1.85. The highest BCUT2D eigenvalue weighted by Crippen LogP contribution is 2.36. The summed E-state index contributed by atoms with van der Waals surface area (Å²) in [5.74, 6) is 0.261. The van der Waals surface area contributed by atoms with Gasteiger partial charge in [-0.15, -0.1) is 0 Å². The number of rotatable bonds is 4. The van der Waals surface area contributed by atoms with E-state index >= 15 is 0 Å². The Morgan fingerprint density at radius 1 is 1.43 bits per heavy atom. The van der Waals surface area contributed by atoms with Crippen LogP contribution in [0.3, 0.4) is 0 Å². The smallest absolute Gasteiger partial charge is 0.276 e. The van der Waals surface area contributed by atoms with Gasteiger partial charge in [0.15, 0.2) is 14.3 Å². The molecule has 0 radical (unpaired) electrons. The molecule has 6 nitrogen and oxygen atoms in total. The Morgan fingerprint density at radius 3 is 2.71 bits per heavy atom. The van der Waals surface area contributed by atoms with E-state index in [1.807, 2.05) is 0 Å². The van der Waals surface area contributed by atoms with Crippen LogP contribution in [-0.4, -0.2) is 29.5 Å². The Morgan fingerprint density at radius 2 is 2.10 bits per heavy atom. The number of fused-ring (bicyclic) bond motifs is 1. The van der Waals surface area contributed by atoms with E-state index in [4.69, 9.17) is 10.2 Å². The highest BCUT2D eigenvalue weighted by atomic mass is 28.4. The molecular weight excluding hydrogens is 284 g/mol. The predicted octanol–water partition coefficient (Wildman–Crippen LogP) is 2.33. The number of nitrogen functional groups attached to an aromatic ring is 1. The predicted molar refractivity (Wildman–Crippen MR) is 87.9 cm³/mol. The third-order valence-electron chi connectivity index (χ3n) is 4.24. The van der Waals surface area contributed by atoms with Crippen molar-refractivity contribution in [2.45, 2.75) is 45.4 Å². The van der Waals surface area contributed by atoms with Gasteiger partial charge in [0.05, 0.1) is 12.1 Å². The highest BCUT2D eigenvalue weighted by molar-refractivity contribution is 6.74. The molecule has 2 heterocycles. The maximum atomic E-state index is 12.3. The van der Waals surface area contributed by atoms with Crippen LogP contribution in [0.2, 0.25) is 18.1 Å². The van der Waals surface area contributed by atoms with Crippen LogP contribution in [0.15, 0.2) is 17.1 Å². The zero-order valence-corrected chi connectivity index (χ0v) is 14.4. The van der Waals surface area contributed by atoms with Crippen LogP contribution in [0, 0.1) is 0 Å². The lowest BCUT2D eigenvalue weighted by atomic mass is 10.2. The van der Waals surface area contributed by atoms with Gasteiger partial charge in [0.1, 0.15) is 5.52 Å². The largest absolute Gasteiger partial charge is 0.415 e. The van der Waals surface area contributed by atoms with Gasteiger partial charge in [0, 0.05) is 12.7 Å². The summed E-state index contributed by atoms with van der Waals surface area (Å²) in [7, 11) is -1.78. The van der Waals surface area contributed by atoms with Crippen LogP contribution in [0.25, 0.3) is 11.0 Å². The summed E-state index contributed by atoms with van der Waals surface area (Å²) in [4.78, 5) is 19.1. The first-order chi connectivity index (χ1) is 9.62. The molecule has 0 aromatic carbocycles. The third kappa shape index (κ3) is 3.19. The first kappa shape index (κ1) is 15.8. The summed E-state index contributed by atoms with van der Waals surface area (Å²) >= 11 is 0. The maximum Gasteiger partial charge on any atom is 0.276 e. The number of nitrogens with zero attached hydrogens (tertiary/aromatic N) is 2. The molecule has 0 spiro atoms. The number of pyridine rings is 1. The average Bonchev–Trinajstić information content (AvgIpc) is 2.72. The summed E-state index contributed by atoms with van der Waals surface area (Å²) in [5.41, 5.74) is 6.51. The molecule has 0 aliphatic heterocycles. The number of aromatic amines is 1. The molecule has 0 amide bonds. The van der Waals surface area contributed by atoms with Gasteiger partial charge in [0.25, 0.3) is 5.56 Å². The number of hydrogen-bond acceptors (Lipinski definition) is 4. The zero-order valence-electron chi connectivity index (χ0n) is 13.4. The van der Waals surface area contributed by atoms with Crippen LogP contribution in [0.5, 0.6) is 0 Å². The number of imidazole rings is 1. The minimum atomic E-state index is -1.78. The summed E-state index contributed by atoms with van der Waals surface area (Å²) in [5, 5.41) is 0.166. The van der Waals surface area contributed by atoms with Gasteiger partial charge >= 0.3 is 0 Å². The van der Waals surface area contributed by atoms with Gasteiger partial charge < -0.3 is 19.7 Å². The van der Waals surface area contributed by atoms with Crippen molar-refractivity contribution in [3.05, 3.63) is 22.6 Å². The number of aromatic nitrogens is 3. The Hall–Kier alpha value is -1.60. The van der Waals surface area contributed by atoms with Crippen molar-refractivity contribution < 1.29 is 4.43 Å². The minimum Gasteiger partial charge on any atom is -0.415 e. The Bertz CT molecular complexity index is 697. The molecule has 7 heteroatoms. The van der Waals surface area contributed by atoms with Crippen LogP contribution in [-0.2, 0) is 11.0 Å². The molecule has 0 saturated carbocycles. The highest BCUT2D eigenvalue weighted by Gasteiger charge is 2.36. The van der Waals surface area contributed by atoms with E-state index in [1.165, 1.54) is 0 Å². The maximum absolute atomic E-state index is 12.3. The monoisotopic (exact) mass is 308 g/mol. The Labute approximate surface area is 125 Å². The molecule has 0 bridgehead atoms. The Balaban J connectivity index is 2.11. The molecule has 0 unspecified atom stereocenters.